The van der Waals surface area contributed by atoms with Crippen molar-refractivity contribution < 1.29 is 24.0 Å². The maximum Gasteiger partial charge on any atom is 0.270 e. The molecule has 2 amide bonds. The van der Waals surface area contributed by atoms with Crippen LogP contribution in [0.4, 0.5) is 16.5 Å². The predicted molar refractivity (Wildman–Crippen MR) is 147 cm³/mol. The van der Waals surface area contributed by atoms with Gasteiger partial charge >= 0.3 is 0 Å². The maximum absolute atomic E-state index is 12.6. The van der Waals surface area contributed by atoms with E-state index in [1.807, 2.05) is 12.1 Å². The molecule has 3 aromatic carbocycles. The molecule has 0 unspecified atom stereocenters. The number of benzene rings is 3. The Hall–Kier alpha value is -4.42. The largest absolute Gasteiger partial charge is 0.493 e. The molecule has 0 bridgehead atoms. The molecule has 0 saturated heterocycles. The first-order chi connectivity index (χ1) is 18.4. The van der Waals surface area contributed by atoms with Gasteiger partial charge < -0.3 is 20.1 Å². The van der Waals surface area contributed by atoms with Crippen LogP contribution in [-0.4, -0.2) is 41.7 Å². The number of nitro groups is 1. The van der Waals surface area contributed by atoms with E-state index in [9.17, 15) is 19.7 Å². The molecule has 0 aliphatic carbocycles. The Morgan fingerprint density at radius 2 is 1.76 bits per heavy atom. The highest BCUT2D eigenvalue weighted by Crippen LogP contribution is 2.29. The number of rotatable bonds is 10. The Morgan fingerprint density at radius 1 is 1.00 bits per heavy atom. The molecule has 0 saturated carbocycles. The molecule has 10 nitrogen and oxygen atoms in total. The van der Waals surface area contributed by atoms with Crippen molar-refractivity contribution >= 4 is 51.4 Å². The average molecular weight is 551 g/mol. The molecule has 0 spiro atoms. The first kappa shape index (κ1) is 26.6. The quantitative estimate of drug-likeness (QED) is 0.146. The van der Waals surface area contributed by atoms with Crippen LogP contribution in [0, 0.1) is 10.1 Å². The molecular formula is C26H22N4O6S2. The fourth-order valence-corrected chi connectivity index (χ4v) is 4.80. The molecule has 4 aromatic rings. The van der Waals surface area contributed by atoms with Crippen LogP contribution in [0.3, 0.4) is 0 Å². The van der Waals surface area contributed by atoms with Crippen LogP contribution >= 0.6 is 23.1 Å². The van der Waals surface area contributed by atoms with Crippen molar-refractivity contribution in [2.24, 2.45) is 0 Å². The number of carbonyl (C=O) groups excluding carboxylic acids is 2. The lowest BCUT2D eigenvalue weighted by atomic mass is 10.1. The van der Waals surface area contributed by atoms with Crippen LogP contribution in [0.1, 0.15) is 10.4 Å². The van der Waals surface area contributed by atoms with E-state index in [0.29, 0.717) is 39.1 Å². The summed E-state index contributed by atoms with van der Waals surface area (Å²) in [6.07, 6.45) is 0. The third-order valence-corrected chi connectivity index (χ3v) is 7.00. The number of carbonyl (C=O) groups is 2. The van der Waals surface area contributed by atoms with Crippen LogP contribution in [0.25, 0.3) is 11.3 Å². The lowest BCUT2D eigenvalue weighted by Gasteiger charge is -2.10. The molecule has 0 atom stereocenters. The van der Waals surface area contributed by atoms with Crippen molar-refractivity contribution in [3.63, 3.8) is 0 Å². The topological polar surface area (TPSA) is 133 Å². The van der Waals surface area contributed by atoms with Gasteiger partial charge in [-0.2, -0.15) is 0 Å². The van der Waals surface area contributed by atoms with E-state index in [2.05, 4.69) is 15.6 Å². The molecule has 0 radical (unpaired) electrons. The highest BCUT2D eigenvalue weighted by molar-refractivity contribution is 8.00. The number of non-ortho nitro benzene ring substituents is 1. The minimum atomic E-state index is -0.464. The second-order valence-electron chi connectivity index (χ2n) is 7.73. The number of hydrogen-bond donors (Lipinski definition) is 2. The minimum absolute atomic E-state index is 0.0240. The van der Waals surface area contributed by atoms with Crippen LogP contribution in [-0.2, 0) is 4.79 Å². The molecule has 0 fully saturated rings. The van der Waals surface area contributed by atoms with Gasteiger partial charge in [-0.3, -0.25) is 19.7 Å². The number of methoxy groups -OCH3 is 2. The number of aromatic nitrogens is 1. The molecule has 0 aliphatic heterocycles. The van der Waals surface area contributed by atoms with Crippen molar-refractivity contribution in [3.05, 3.63) is 87.8 Å². The monoisotopic (exact) mass is 550 g/mol. The zero-order valence-electron chi connectivity index (χ0n) is 20.3. The third-order valence-electron chi connectivity index (χ3n) is 5.23. The number of ether oxygens (including phenoxy) is 2. The summed E-state index contributed by atoms with van der Waals surface area (Å²) in [5.41, 5.74) is 2.16. The molecule has 194 valence electrons. The van der Waals surface area contributed by atoms with Gasteiger partial charge in [0.15, 0.2) is 16.6 Å². The summed E-state index contributed by atoms with van der Waals surface area (Å²) in [6.45, 7) is 0. The van der Waals surface area contributed by atoms with Crippen LogP contribution in [0.15, 0.2) is 77.0 Å². The number of anilines is 2. The van der Waals surface area contributed by atoms with Crippen molar-refractivity contribution in [2.45, 2.75) is 4.90 Å². The van der Waals surface area contributed by atoms with Crippen LogP contribution < -0.4 is 20.1 Å². The average Bonchev–Trinajstić information content (AvgIpc) is 3.40. The molecule has 38 heavy (non-hydrogen) atoms. The molecule has 0 aliphatic rings. The third kappa shape index (κ3) is 6.66. The second kappa shape index (κ2) is 12.2. The zero-order valence-corrected chi connectivity index (χ0v) is 21.9. The van der Waals surface area contributed by atoms with Crippen LogP contribution in [0.2, 0.25) is 0 Å². The Balaban J connectivity index is 1.29. The van der Waals surface area contributed by atoms with Gasteiger partial charge in [0, 0.05) is 39.2 Å². The summed E-state index contributed by atoms with van der Waals surface area (Å²) in [7, 11) is 3.03. The van der Waals surface area contributed by atoms with Crippen molar-refractivity contribution in [3.8, 4) is 22.8 Å². The number of amides is 2. The van der Waals surface area contributed by atoms with E-state index < -0.39 is 4.92 Å². The van der Waals surface area contributed by atoms with Gasteiger partial charge in [-0.1, -0.05) is 12.1 Å². The lowest BCUT2D eigenvalue weighted by molar-refractivity contribution is -0.384. The Kier molecular flexibility index (Phi) is 8.56. The number of thioether (sulfide) groups is 1. The number of nitrogens with one attached hydrogen (secondary N) is 2. The van der Waals surface area contributed by atoms with Gasteiger partial charge in [0.2, 0.25) is 5.91 Å². The molecule has 12 heteroatoms. The number of nitrogens with zero attached hydrogens (tertiary/aromatic N) is 2. The SMILES string of the molecule is COc1ccc(C(=O)Nc2ccc(SCC(=O)Nc3nc(-c4cccc([N+](=O)[O-])c4)cs3)cc2)cc1OC. The highest BCUT2D eigenvalue weighted by Gasteiger charge is 2.13. The molecule has 1 heterocycles. The summed E-state index contributed by atoms with van der Waals surface area (Å²) < 4.78 is 10.4. The first-order valence-corrected chi connectivity index (χ1v) is 13.0. The van der Waals surface area contributed by atoms with E-state index in [0.717, 1.165) is 4.90 Å². The molecule has 1 aromatic heterocycles. The number of nitro benzene ring substituents is 1. The standard InChI is InChI=1S/C26H22N4O6S2/c1-35-22-11-6-17(13-23(22)36-2)25(32)27-18-7-9-20(10-8-18)37-15-24(31)29-26-28-21(14-38-26)16-4-3-5-19(12-16)30(33)34/h3-14H,15H2,1-2H3,(H,27,32)(H,28,29,31). The predicted octanol–water partition coefficient (Wildman–Crippen LogP) is 5.72. The van der Waals surface area contributed by atoms with Crippen molar-refractivity contribution in [2.75, 3.05) is 30.6 Å². The van der Waals surface area contributed by atoms with Crippen LogP contribution in [0.5, 0.6) is 11.5 Å². The Bertz CT molecular complexity index is 1470. The van der Waals surface area contributed by atoms with Crippen molar-refractivity contribution in [1.82, 2.24) is 4.98 Å². The van der Waals surface area contributed by atoms with E-state index in [1.165, 1.54) is 49.5 Å². The lowest BCUT2D eigenvalue weighted by Crippen LogP contribution is -2.13. The number of thiazole rings is 1. The smallest absolute Gasteiger partial charge is 0.270 e. The van der Waals surface area contributed by atoms with Gasteiger partial charge in [-0.15, -0.1) is 23.1 Å². The van der Waals surface area contributed by atoms with E-state index in [-0.39, 0.29) is 23.3 Å². The highest BCUT2D eigenvalue weighted by atomic mass is 32.2. The van der Waals surface area contributed by atoms with Gasteiger partial charge in [0.05, 0.1) is 30.6 Å². The maximum atomic E-state index is 12.6. The molecule has 2 N–H and O–H groups in total. The fraction of sp³-hybridized carbons (Fsp3) is 0.115. The van der Waals surface area contributed by atoms with Gasteiger partial charge in [-0.05, 0) is 42.5 Å². The fourth-order valence-electron chi connectivity index (χ4n) is 3.36. The normalized spacial score (nSPS) is 10.5. The summed E-state index contributed by atoms with van der Waals surface area (Å²) >= 11 is 2.58. The molecular weight excluding hydrogens is 528 g/mol. The van der Waals surface area contributed by atoms with Gasteiger partial charge in [-0.25, -0.2) is 4.98 Å². The Morgan fingerprint density at radius 3 is 2.47 bits per heavy atom. The first-order valence-electron chi connectivity index (χ1n) is 11.1. The second-order valence-corrected chi connectivity index (χ2v) is 9.64. The molecule has 4 rings (SSSR count). The van der Waals surface area contributed by atoms with E-state index >= 15 is 0 Å². The Labute approximate surface area is 226 Å². The summed E-state index contributed by atoms with van der Waals surface area (Å²) in [5, 5.41) is 18.7. The van der Waals surface area contributed by atoms with Crippen molar-refractivity contribution in [1.29, 1.82) is 0 Å². The summed E-state index contributed by atoms with van der Waals surface area (Å²) in [4.78, 5) is 40.7. The van der Waals surface area contributed by atoms with E-state index in [4.69, 9.17) is 9.47 Å². The van der Waals surface area contributed by atoms with Gasteiger partial charge in [0.25, 0.3) is 11.6 Å². The number of hydrogen-bond acceptors (Lipinski definition) is 9. The minimum Gasteiger partial charge on any atom is -0.493 e. The summed E-state index contributed by atoms with van der Waals surface area (Å²) in [5.74, 6) is 0.623. The zero-order chi connectivity index (χ0) is 27.1. The van der Waals surface area contributed by atoms with Gasteiger partial charge in [0.1, 0.15) is 0 Å². The van der Waals surface area contributed by atoms with E-state index in [1.54, 1.807) is 47.8 Å². The summed E-state index contributed by atoms with van der Waals surface area (Å²) in [6, 6.07) is 18.2.